The fourth-order valence-corrected chi connectivity index (χ4v) is 2.29. The Kier molecular flexibility index (Phi) is 27.8. The number of carboxylic acid groups (broad SMARTS) is 1. The van der Waals surface area contributed by atoms with Crippen LogP contribution in [0.3, 0.4) is 0 Å². The zero-order valence-corrected chi connectivity index (χ0v) is 17.6. The Labute approximate surface area is 152 Å². The Balaban J connectivity index is -0.000000712. The van der Waals surface area contributed by atoms with Crippen LogP contribution in [0.25, 0.3) is 0 Å². The van der Waals surface area contributed by atoms with E-state index in [1.165, 1.54) is 70.6 Å². The summed E-state index contributed by atoms with van der Waals surface area (Å²) in [5, 5.41) is 24.9. The summed E-state index contributed by atoms with van der Waals surface area (Å²) < 4.78 is 0. The zero-order chi connectivity index (χ0) is 17.1. The molecule has 7 heteroatoms. The van der Waals surface area contributed by atoms with Gasteiger partial charge in [0.1, 0.15) is 0 Å². The second-order valence-corrected chi connectivity index (χ2v) is 5.59. The molecule has 0 saturated carbocycles. The van der Waals surface area contributed by atoms with E-state index < -0.39 is 11.1 Å². The second-order valence-electron chi connectivity index (χ2n) is 5.59. The molecular weight excluding hydrogens is 352 g/mol. The standard InChI is InChI=1S/C16H32O2.NO3.Zn/c1-2-3-4-5-6-7-8-9-10-11-12-13-14-15-16(17)18;2-1(3)4;/h2-15H2,1H3,(H,17,18);;/q;-1;+2/p-1. The molecule has 23 heavy (non-hydrogen) atoms. The Hall–Kier alpha value is -0.707. The minimum absolute atomic E-state index is 0. The molecule has 0 fully saturated rings. The maximum atomic E-state index is 10.2. The number of unbranched alkanes of at least 4 members (excludes halogenated alkanes) is 12. The van der Waals surface area contributed by atoms with Crippen molar-refractivity contribution >= 4 is 5.97 Å². The Morgan fingerprint density at radius 2 is 1.00 bits per heavy atom. The number of aliphatic carboxylic acids is 1. The van der Waals surface area contributed by atoms with Crippen molar-refractivity contribution in [3.05, 3.63) is 15.3 Å². The van der Waals surface area contributed by atoms with Crippen LogP contribution in [0, 0.1) is 15.3 Å². The molecular formula is C16H31NO5Zn. The molecule has 0 aromatic rings. The first-order chi connectivity index (χ1) is 10.5. The molecule has 0 aliphatic heterocycles. The summed E-state index contributed by atoms with van der Waals surface area (Å²) in [6, 6.07) is 0. The molecule has 132 valence electrons. The molecule has 0 radical (unpaired) electrons. The molecule has 6 nitrogen and oxygen atoms in total. The van der Waals surface area contributed by atoms with E-state index in [1.807, 2.05) is 0 Å². The van der Waals surface area contributed by atoms with Gasteiger partial charge in [0.05, 0.1) is 5.09 Å². The van der Waals surface area contributed by atoms with Gasteiger partial charge in [0.15, 0.2) is 0 Å². The number of nitrogens with zero attached hydrogens (tertiary/aromatic N) is 1. The molecule has 0 unspecified atom stereocenters. The average molecular weight is 383 g/mol. The van der Waals surface area contributed by atoms with Crippen LogP contribution >= 0.6 is 0 Å². The predicted octanol–water partition coefficient (Wildman–Crippen LogP) is 3.98. The van der Waals surface area contributed by atoms with Gasteiger partial charge in [-0.25, -0.2) is 0 Å². The quantitative estimate of drug-likeness (QED) is 0.195. The van der Waals surface area contributed by atoms with Crippen LogP contribution in [0.4, 0.5) is 0 Å². The molecule has 0 aromatic heterocycles. The number of carbonyl (C=O) groups is 1. The largest absolute Gasteiger partial charge is 2.00 e. The zero-order valence-electron chi connectivity index (χ0n) is 14.6. The van der Waals surface area contributed by atoms with Crippen molar-refractivity contribution in [1.29, 1.82) is 0 Å². The third-order valence-electron chi connectivity index (χ3n) is 3.48. The summed E-state index contributed by atoms with van der Waals surface area (Å²) in [5.41, 5.74) is 0. The van der Waals surface area contributed by atoms with E-state index in [-0.39, 0.29) is 25.9 Å². The van der Waals surface area contributed by atoms with Crippen LogP contribution in [0.5, 0.6) is 0 Å². The van der Waals surface area contributed by atoms with Crippen molar-refractivity contribution < 1.29 is 34.5 Å². The van der Waals surface area contributed by atoms with E-state index in [2.05, 4.69) is 6.92 Å². The van der Waals surface area contributed by atoms with Gasteiger partial charge in [-0.2, -0.15) is 0 Å². The SMILES string of the molecule is CCCCCCCCCCCCCCCC(=O)[O-].O=[N+]([O-])[O-].[Zn+2]. The van der Waals surface area contributed by atoms with Gasteiger partial charge in [-0.1, -0.05) is 84.0 Å². The summed E-state index contributed by atoms with van der Waals surface area (Å²) in [5.74, 6) is -0.905. The number of hydrogen-bond donors (Lipinski definition) is 0. The van der Waals surface area contributed by atoms with Gasteiger partial charge < -0.3 is 25.2 Å². The van der Waals surface area contributed by atoms with E-state index in [4.69, 9.17) is 15.3 Å². The topological polar surface area (TPSA) is 106 Å². The monoisotopic (exact) mass is 381 g/mol. The fraction of sp³-hybridized carbons (Fsp3) is 0.938. The van der Waals surface area contributed by atoms with Gasteiger partial charge in [-0.15, -0.1) is 0 Å². The summed E-state index contributed by atoms with van der Waals surface area (Å²) in [7, 11) is 0. The van der Waals surface area contributed by atoms with Crippen LogP contribution in [0.2, 0.25) is 0 Å². The van der Waals surface area contributed by atoms with Crippen molar-refractivity contribution in [3.63, 3.8) is 0 Å². The average Bonchev–Trinajstić information content (AvgIpc) is 2.43. The molecule has 0 bridgehead atoms. The van der Waals surface area contributed by atoms with Crippen molar-refractivity contribution in [2.75, 3.05) is 0 Å². The maximum absolute atomic E-state index is 10.2. The van der Waals surface area contributed by atoms with E-state index in [0.29, 0.717) is 0 Å². The molecule has 0 N–H and O–H groups in total. The number of rotatable bonds is 14. The van der Waals surface area contributed by atoms with Crippen LogP contribution in [-0.4, -0.2) is 11.1 Å². The van der Waals surface area contributed by atoms with Crippen molar-refractivity contribution in [1.82, 2.24) is 0 Å². The van der Waals surface area contributed by atoms with Crippen molar-refractivity contribution in [3.8, 4) is 0 Å². The Bertz CT molecular complexity index is 261. The van der Waals surface area contributed by atoms with Gasteiger partial charge in [-0.05, 0) is 12.8 Å². The minimum Gasteiger partial charge on any atom is -0.550 e. The molecule has 0 amide bonds. The first kappa shape index (κ1) is 27.2. The van der Waals surface area contributed by atoms with Gasteiger partial charge >= 0.3 is 19.5 Å². The Morgan fingerprint density at radius 1 is 0.739 bits per heavy atom. The summed E-state index contributed by atoms with van der Waals surface area (Å²) in [6.45, 7) is 2.26. The van der Waals surface area contributed by atoms with Crippen LogP contribution < -0.4 is 5.11 Å². The predicted molar refractivity (Wildman–Crippen MR) is 85.7 cm³/mol. The first-order valence-electron chi connectivity index (χ1n) is 8.52. The number of hydrogen-bond acceptors (Lipinski definition) is 5. The van der Waals surface area contributed by atoms with Crippen molar-refractivity contribution in [2.45, 2.75) is 96.8 Å². The Morgan fingerprint density at radius 3 is 1.26 bits per heavy atom. The molecule has 0 aliphatic carbocycles. The van der Waals surface area contributed by atoms with E-state index in [1.54, 1.807) is 0 Å². The molecule has 0 atom stereocenters. The normalized spacial score (nSPS) is 9.43. The van der Waals surface area contributed by atoms with E-state index in [0.717, 1.165) is 12.8 Å². The molecule has 0 saturated heterocycles. The molecule has 0 aliphatic rings. The van der Waals surface area contributed by atoms with E-state index in [9.17, 15) is 9.90 Å². The molecule has 0 rings (SSSR count). The number of carbonyl (C=O) groups excluding carboxylic acids is 1. The van der Waals surface area contributed by atoms with Gasteiger partial charge in [0.2, 0.25) is 0 Å². The fourth-order valence-electron chi connectivity index (χ4n) is 2.29. The molecule has 0 aromatic carbocycles. The summed E-state index contributed by atoms with van der Waals surface area (Å²) in [6.07, 6.45) is 16.9. The van der Waals surface area contributed by atoms with Crippen LogP contribution in [-0.2, 0) is 24.3 Å². The third-order valence-corrected chi connectivity index (χ3v) is 3.48. The van der Waals surface area contributed by atoms with Crippen LogP contribution in [0.1, 0.15) is 96.8 Å². The number of carboxylic acids is 1. The van der Waals surface area contributed by atoms with Crippen molar-refractivity contribution in [2.24, 2.45) is 0 Å². The van der Waals surface area contributed by atoms with Crippen LogP contribution in [0.15, 0.2) is 0 Å². The second kappa shape index (κ2) is 23.6. The first-order valence-corrected chi connectivity index (χ1v) is 8.52. The third kappa shape index (κ3) is 38.8. The molecule has 0 heterocycles. The smallest absolute Gasteiger partial charge is 0.550 e. The van der Waals surface area contributed by atoms with Gasteiger partial charge in [0.25, 0.3) is 0 Å². The maximum Gasteiger partial charge on any atom is 2.00 e. The molecule has 0 spiro atoms. The van der Waals surface area contributed by atoms with Gasteiger partial charge in [0, 0.05) is 5.97 Å². The van der Waals surface area contributed by atoms with E-state index >= 15 is 0 Å². The summed E-state index contributed by atoms with van der Waals surface area (Å²) in [4.78, 5) is 18.4. The van der Waals surface area contributed by atoms with Gasteiger partial charge in [-0.3, -0.25) is 0 Å². The summed E-state index contributed by atoms with van der Waals surface area (Å²) >= 11 is 0. The minimum atomic E-state index is -1.75.